The highest BCUT2D eigenvalue weighted by molar-refractivity contribution is 9.10. The van der Waals surface area contributed by atoms with Crippen LogP contribution in [0.4, 0.5) is 4.39 Å². The average molecular weight is 455 g/mol. The molecule has 3 rings (SSSR count). The minimum absolute atomic E-state index is 0.0107. The number of carbonyl (C=O) groups is 1. The second-order valence-corrected chi connectivity index (χ2v) is 8.32. The van der Waals surface area contributed by atoms with Crippen LogP contribution in [-0.2, 0) is 5.60 Å². The molecule has 3 nitrogen and oxygen atoms in total. The summed E-state index contributed by atoms with van der Waals surface area (Å²) < 4.78 is 13.6. The molecule has 0 unspecified atom stereocenters. The van der Waals surface area contributed by atoms with E-state index in [1.54, 1.807) is 12.1 Å². The molecule has 0 spiro atoms. The van der Waals surface area contributed by atoms with Crippen molar-refractivity contribution in [3.8, 4) is 0 Å². The Balaban J connectivity index is 1.47. The number of rotatable bonds is 6. The van der Waals surface area contributed by atoms with Crippen LogP contribution in [0.25, 0.3) is 0 Å². The van der Waals surface area contributed by atoms with Gasteiger partial charge in [0.05, 0.1) is 5.60 Å². The lowest BCUT2D eigenvalue weighted by molar-refractivity contribution is -0.0260. The smallest absolute Gasteiger partial charge is 0.164 e. The molecule has 1 N–H and O–H groups in total. The lowest BCUT2D eigenvalue weighted by atomic mass is 9.84. The monoisotopic (exact) mass is 453 g/mol. The Morgan fingerprint density at radius 3 is 2.48 bits per heavy atom. The van der Waals surface area contributed by atoms with E-state index in [9.17, 15) is 14.3 Å². The molecule has 0 atom stereocenters. The summed E-state index contributed by atoms with van der Waals surface area (Å²) in [5.41, 5.74) is 0.616. The van der Waals surface area contributed by atoms with Crippen molar-refractivity contribution < 1.29 is 14.3 Å². The van der Waals surface area contributed by atoms with E-state index in [4.69, 9.17) is 11.6 Å². The third kappa shape index (κ3) is 5.17. The van der Waals surface area contributed by atoms with Crippen LogP contribution in [0.5, 0.6) is 0 Å². The Morgan fingerprint density at radius 1 is 1.19 bits per heavy atom. The van der Waals surface area contributed by atoms with Crippen molar-refractivity contribution in [2.24, 2.45) is 0 Å². The molecule has 6 heteroatoms. The predicted octanol–water partition coefficient (Wildman–Crippen LogP) is 5.19. The number of likely N-dealkylation sites (tertiary alicyclic amines) is 1. The number of hydrogen-bond donors (Lipinski definition) is 1. The van der Waals surface area contributed by atoms with Crippen molar-refractivity contribution >= 4 is 33.3 Å². The Bertz CT molecular complexity index is 804. The van der Waals surface area contributed by atoms with Crippen molar-refractivity contribution in [2.75, 3.05) is 19.6 Å². The van der Waals surface area contributed by atoms with Gasteiger partial charge in [0.1, 0.15) is 5.82 Å². The molecule has 144 valence electrons. The fourth-order valence-corrected chi connectivity index (χ4v) is 4.21. The number of aliphatic hydroxyl groups is 1. The molecule has 0 amide bonds. The second-order valence-electron chi connectivity index (χ2n) is 7.03. The Morgan fingerprint density at radius 2 is 1.85 bits per heavy atom. The third-order valence-electron chi connectivity index (χ3n) is 5.17. The van der Waals surface area contributed by atoms with E-state index in [1.165, 1.54) is 18.2 Å². The molecule has 0 saturated carbocycles. The standard InChI is InChI=1S/C21H22BrClFNO2/c22-19-14-17(24)7-8-18(19)20(26)2-1-11-25-12-9-21(27,10-13-25)15-3-5-16(23)6-4-15/h3-8,14,27H,1-2,9-13H2. The van der Waals surface area contributed by atoms with E-state index in [1.807, 2.05) is 12.1 Å². The molecule has 1 aliphatic heterocycles. The zero-order chi connectivity index (χ0) is 19.4. The van der Waals surface area contributed by atoms with Gasteiger partial charge in [-0.2, -0.15) is 0 Å². The summed E-state index contributed by atoms with van der Waals surface area (Å²) in [4.78, 5) is 14.6. The van der Waals surface area contributed by atoms with Gasteiger partial charge >= 0.3 is 0 Å². The van der Waals surface area contributed by atoms with Crippen LogP contribution in [-0.4, -0.2) is 35.4 Å². The number of hydrogen-bond acceptors (Lipinski definition) is 3. The molecule has 1 fully saturated rings. The van der Waals surface area contributed by atoms with Gasteiger partial charge in [-0.15, -0.1) is 0 Å². The van der Waals surface area contributed by atoms with Gasteiger partial charge in [-0.1, -0.05) is 23.7 Å². The van der Waals surface area contributed by atoms with Crippen LogP contribution in [0.2, 0.25) is 5.02 Å². The van der Waals surface area contributed by atoms with Gasteiger partial charge in [0.15, 0.2) is 5.78 Å². The van der Waals surface area contributed by atoms with Crippen LogP contribution >= 0.6 is 27.5 Å². The Labute approximate surface area is 172 Å². The topological polar surface area (TPSA) is 40.5 Å². The van der Waals surface area contributed by atoms with Gasteiger partial charge in [-0.25, -0.2) is 4.39 Å². The van der Waals surface area contributed by atoms with Crippen LogP contribution in [0.3, 0.4) is 0 Å². The molecule has 0 bridgehead atoms. The summed E-state index contributed by atoms with van der Waals surface area (Å²) in [5.74, 6) is -0.350. The second kappa shape index (κ2) is 8.82. The molecule has 2 aromatic rings. The number of Topliss-reactive ketones (excluding diaryl/α,β-unsaturated/α-hetero) is 1. The van der Waals surface area contributed by atoms with Gasteiger partial charge in [0.2, 0.25) is 0 Å². The zero-order valence-electron chi connectivity index (χ0n) is 14.9. The number of benzene rings is 2. The highest BCUT2D eigenvalue weighted by atomic mass is 79.9. The molecule has 0 aliphatic carbocycles. The predicted molar refractivity (Wildman–Crippen MR) is 109 cm³/mol. The Kier molecular flexibility index (Phi) is 6.69. The largest absolute Gasteiger partial charge is 0.385 e. The lowest BCUT2D eigenvalue weighted by Gasteiger charge is -2.38. The summed E-state index contributed by atoms with van der Waals surface area (Å²) in [6.45, 7) is 2.38. The first-order valence-corrected chi connectivity index (χ1v) is 10.2. The van der Waals surface area contributed by atoms with E-state index in [2.05, 4.69) is 20.8 Å². The van der Waals surface area contributed by atoms with Gasteiger partial charge in [0.25, 0.3) is 0 Å². The fraction of sp³-hybridized carbons (Fsp3) is 0.381. The number of halogens is 3. The first kappa shape index (κ1) is 20.5. The fourth-order valence-electron chi connectivity index (χ4n) is 3.51. The minimum Gasteiger partial charge on any atom is -0.385 e. The van der Waals surface area contributed by atoms with E-state index >= 15 is 0 Å². The summed E-state index contributed by atoms with van der Waals surface area (Å²) >= 11 is 9.17. The first-order chi connectivity index (χ1) is 12.9. The third-order valence-corrected chi connectivity index (χ3v) is 6.08. The maximum atomic E-state index is 13.1. The zero-order valence-corrected chi connectivity index (χ0v) is 17.3. The van der Waals surface area contributed by atoms with Crippen molar-refractivity contribution in [3.05, 3.63) is 68.9 Å². The quantitative estimate of drug-likeness (QED) is 0.611. The van der Waals surface area contributed by atoms with E-state index in [0.717, 1.165) is 31.6 Å². The van der Waals surface area contributed by atoms with Crippen LogP contribution in [0.1, 0.15) is 41.6 Å². The number of ketones is 1. The summed E-state index contributed by atoms with van der Waals surface area (Å²) in [6.07, 6.45) is 2.47. The number of nitrogens with zero attached hydrogens (tertiary/aromatic N) is 1. The molecule has 0 radical (unpaired) electrons. The molecule has 1 heterocycles. The van der Waals surface area contributed by atoms with E-state index in [-0.39, 0.29) is 11.6 Å². The van der Waals surface area contributed by atoms with Gasteiger partial charge in [-0.05, 0) is 77.6 Å². The molecule has 1 aliphatic rings. The summed E-state index contributed by atoms with van der Waals surface area (Å²) in [5, 5.41) is 11.6. The van der Waals surface area contributed by atoms with Crippen molar-refractivity contribution in [1.29, 1.82) is 0 Å². The summed E-state index contributed by atoms with van der Waals surface area (Å²) in [7, 11) is 0. The maximum Gasteiger partial charge on any atom is 0.164 e. The minimum atomic E-state index is -0.810. The van der Waals surface area contributed by atoms with Crippen LogP contribution in [0.15, 0.2) is 46.9 Å². The SMILES string of the molecule is O=C(CCCN1CCC(O)(c2ccc(Cl)cc2)CC1)c1ccc(F)cc1Br. The number of piperidine rings is 1. The van der Waals surface area contributed by atoms with Crippen molar-refractivity contribution in [2.45, 2.75) is 31.3 Å². The maximum absolute atomic E-state index is 13.1. The molecule has 27 heavy (non-hydrogen) atoms. The van der Waals surface area contributed by atoms with Gasteiger partial charge in [0, 0.05) is 34.6 Å². The first-order valence-electron chi connectivity index (χ1n) is 9.06. The van der Waals surface area contributed by atoms with Gasteiger partial charge < -0.3 is 10.0 Å². The highest BCUT2D eigenvalue weighted by Gasteiger charge is 2.33. The molecular weight excluding hydrogens is 433 g/mol. The Hall–Kier alpha value is -1.27. The number of carbonyl (C=O) groups excluding carboxylic acids is 1. The summed E-state index contributed by atoms with van der Waals surface area (Å²) in [6, 6.07) is 11.5. The van der Waals surface area contributed by atoms with Crippen LogP contribution in [0, 0.1) is 5.82 Å². The molecular formula is C21H22BrClFNO2. The average Bonchev–Trinajstić information content (AvgIpc) is 2.64. The lowest BCUT2D eigenvalue weighted by Crippen LogP contribution is -2.42. The molecule has 0 aromatic heterocycles. The van der Waals surface area contributed by atoms with Crippen molar-refractivity contribution in [3.63, 3.8) is 0 Å². The van der Waals surface area contributed by atoms with E-state index in [0.29, 0.717) is 34.3 Å². The molecule has 1 saturated heterocycles. The normalized spacial score (nSPS) is 17.0. The highest BCUT2D eigenvalue weighted by Crippen LogP contribution is 2.33. The van der Waals surface area contributed by atoms with Crippen molar-refractivity contribution in [1.82, 2.24) is 4.90 Å². The van der Waals surface area contributed by atoms with E-state index < -0.39 is 5.60 Å². The van der Waals surface area contributed by atoms with Gasteiger partial charge in [-0.3, -0.25) is 4.79 Å². The molecule has 2 aromatic carbocycles. The van der Waals surface area contributed by atoms with Crippen LogP contribution < -0.4 is 0 Å².